The molecule has 0 radical (unpaired) electrons. The van der Waals surface area contributed by atoms with Gasteiger partial charge in [-0.1, -0.05) is 13.8 Å². The molecule has 0 saturated heterocycles. The van der Waals surface area contributed by atoms with Gasteiger partial charge in [0.05, 0.1) is 0 Å². The first-order chi connectivity index (χ1) is 7.04. The highest BCUT2D eigenvalue weighted by molar-refractivity contribution is 5.81. The Morgan fingerprint density at radius 1 is 1.47 bits per heavy atom. The molecule has 0 aromatic carbocycles. The third kappa shape index (κ3) is 3.60. The number of carbonyl (C=O) groups is 1. The Balaban J connectivity index is 2.50. The normalized spacial score (nSPS) is 27.7. The van der Waals surface area contributed by atoms with Crippen molar-refractivity contribution < 1.29 is 4.79 Å². The average molecular weight is 211 g/mol. The molecule has 88 valence electrons. The van der Waals surface area contributed by atoms with Crippen molar-refractivity contribution in [2.45, 2.75) is 53.0 Å². The number of carbonyl (C=O) groups excluding carboxylic acids is 1. The maximum atomic E-state index is 11.8. The molecule has 0 aliphatic heterocycles. The highest BCUT2D eigenvalue weighted by atomic mass is 16.1. The van der Waals surface area contributed by atoms with E-state index in [0.29, 0.717) is 17.7 Å². The van der Waals surface area contributed by atoms with Gasteiger partial charge in [0.1, 0.15) is 5.78 Å². The number of hydrogen-bond acceptors (Lipinski definition) is 2. The van der Waals surface area contributed by atoms with Crippen LogP contribution in [0.2, 0.25) is 0 Å². The molecule has 0 aromatic rings. The molecule has 0 amide bonds. The van der Waals surface area contributed by atoms with E-state index in [-0.39, 0.29) is 0 Å². The fraction of sp³-hybridized carbons (Fsp3) is 0.923. The average Bonchev–Trinajstić information content (AvgIpc) is 2.18. The first kappa shape index (κ1) is 12.7. The van der Waals surface area contributed by atoms with E-state index in [1.807, 2.05) is 0 Å². The van der Waals surface area contributed by atoms with E-state index in [9.17, 15) is 4.79 Å². The fourth-order valence-electron chi connectivity index (χ4n) is 2.49. The fourth-order valence-corrected chi connectivity index (χ4v) is 2.49. The van der Waals surface area contributed by atoms with Crippen LogP contribution in [0.15, 0.2) is 0 Å². The molecule has 0 heterocycles. The summed E-state index contributed by atoms with van der Waals surface area (Å²) in [7, 11) is 0. The van der Waals surface area contributed by atoms with E-state index >= 15 is 0 Å². The lowest BCUT2D eigenvalue weighted by molar-refractivity contribution is -0.126. The second-order valence-corrected chi connectivity index (χ2v) is 5.22. The minimum atomic E-state index is 0.302. The molecule has 0 aromatic heterocycles. The summed E-state index contributed by atoms with van der Waals surface area (Å²) in [5, 5.41) is 0. The van der Waals surface area contributed by atoms with Crippen molar-refractivity contribution in [3.05, 3.63) is 0 Å². The van der Waals surface area contributed by atoms with E-state index in [2.05, 4.69) is 32.6 Å². The Morgan fingerprint density at radius 3 is 2.67 bits per heavy atom. The molecule has 0 spiro atoms. The Hall–Kier alpha value is -0.370. The Kier molecular flexibility index (Phi) is 4.78. The van der Waals surface area contributed by atoms with E-state index in [1.54, 1.807) is 0 Å². The minimum Gasteiger partial charge on any atom is -0.300 e. The highest BCUT2D eigenvalue weighted by Gasteiger charge is 2.28. The predicted octanol–water partition coefficient (Wildman–Crippen LogP) is 2.72. The van der Waals surface area contributed by atoms with Gasteiger partial charge in [-0.25, -0.2) is 0 Å². The second kappa shape index (κ2) is 5.64. The zero-order valence-corrected chi connectivity index (χ0v) is 10.6. The van der Waals surface area contributed by atoms with Gasteiger partial charge in [-0.2, -0.15) is 0 Å². The van der Waals surface area contributed by atoms with E-state index in [0.717, 1.165) is 38.3 Å². The smallest absolute Gasteiger partial charge is 0.137 e. The first-order valence-corrected chi connectivity index (χ1v) is 6.31. The van der Waals surface area contributed by atoms with Gasteiger partial charge in [0.25, 0.3) is 0 Å². The van der Waals surface area contributed by atoms with Gasteiger partial charge in [-0.15, -0.1) is 0 Å². The summed E-state index contributed by atoms with van der Waals surface area (Å²) >= 11 is 0. The van der Waals surface area contributed by atoms with Crippen LogP contribution >= 0.6 is 0 Å². The minimum absolute atomic E-state index is 0.302. The molecule has 0 N–H and O–H groups in total. The highest BCUT2D eigenvalue weighted by Crippen LogP contribution is 2.26. The van der Waals surface area contributed by atoms with E-state index in [4.69, 9.17) is 0 Å². The Bertz CT molecular complexity index is 213. The third-order valence-electron chi connectivity index (χ3n) is 3.62. The molecule has 1 aliphatic rings. The van der Waals surface area contributed by atoms with Gasteiger partial charge in [-0.05, 0) is 39.2 Å². The van der Waals surface area contributed by atoms with Crippen LogP contribution in [0.4, 0.5) is 0 Å². The van der Waals surface area contributed by atoms with Crippen LogP contribution in [0.1, 0.15) is 47.0 Å². The van der Waals surface area contributed by atoms with Crippen molar-refractivity contribution in [1.82, 2.24) is 4.90 Å². The zero-order chi connectivity index (χ0) is 11.4. The lowest BCUT2D eigenvalue weighted by Crippen LogP contribution is -2.39. The predicted molar refractivity (Wildman–Crippen MR) is 63.9 cm³/mol. The second-order valence-electron chi connectivity index (χ2n) is 5.22. The Labute approximate surface area is 94.0 Å². The Morgan fingerprint density at radius 2 is 2.13 bits per heavy atom. The zero-order valence-electron chi connectivity index (χ0n) is 10.6. The van der Waals surface area contributed by atoms with Crippen LogP contribution < -0.4 is 0 Å². The van der Waals surface area contributed by atoms with Crippen LogP contribution in [0, 0.1) is 11.8 Å². The van der Waals surface area contributed by atoms with Gasteiger partial charge >= 0.3 is 0 Å². The van der Waals surface area contributed by atoms with Crippen LogP contribution in [-0.2, 0) is 4.79 Å². The topological polar surface area (TPSA) is 20.3 Å². The van der Waals surface area contributed by atoms with Crippen molar-refractivity contribution in [2.75, 3.05) is 13.1 Å². The molecular formula is C13H25NO. The molecule has 1 aliphatic carbocycles. The van der Waals surface area contributed by atoms with Crippen molar-refractivity contribution in [3.8, 4) is 0 Å². The van der Waals surface area contributed by atoms with Crippen LogP contribution in [-0.4, -0.2) is 29.8 Å². The van der Waals surface area contributed by atoms with Crippen LogP contribution in [0.5, 0.6) is 0 Å². The molecule has 1 rings (SSSR count). The SMILES string of the molecule is CCN(CC1CC(C)CCC1=O)C(C)C. The van der Waals surface area contributed by atoms with Gasteiger partial charge in [0, 0.05) is 24.9 Å². The first-order valence-electron chi connectivity index (χ1n) is 6.31. The summed E-state index contributed by atoms with van der Waals surface area (Å²) in [6, 6.07) is 0.556. The largest absolute Gasteiger partial charge is 0.300 e. The van der Waals surface area contributed by atoms with Gasteiger partial charge < -0.3 is 4.90 Å². The summed E-state index contributed by atoms with van der Waals surface area (Å²) in [6.07, 6.45) is 3.01. The molecule has 15 heavy (non-hydrogen) atoms. The molecular weight excluding hydrogens is 186 g/mol. The maximum Gasteiger partial charge on any atom is 0.137 e. The number of rotatable bonds is 4. The molecule has 2 unspecified atom stereocenters. The lowest BCUT2D eigenvalue weighted by Gasteiger charge is -2.32. The molecule has 2 nitrogen and oxygen atoms in total. The molecule has 2 atom stereocenters. The van der Waals surface area contributed by atoms with Crippen molar-refractivity contribution in [3.63, 3.8) is 0 Å². The summed E-state index contributed by atoms with van der Waals surface area (Å²) in [6.45, 7) is 10.9. The van der Waals surface area contributed by atoms with Gasteiger partial charge in [-0.3, -0.25) is 4.79 Å². The van der Waals surface area contributed by atoms with Crippen molar-refractivity contribution in [2.24, 2.45) is 11.8 Å². The van der Waals surface area contributed by atoms with Crippen LogP contribution in [0.25, 0.3) is 0 Å². The van der Waals surface area contributed by atoms with Crippen molar-refractivity contribution >= 4 is 5.78 Å². The number of hydrogen-bond donors (Lipinski definition) is 0. The molecule has 2 heteroatoms. The van der Waals surface area contributed by atoms with E-state index < -0.39 is 0 Å². The number of nitrogens with zero attached hydrogens (tertiary/aromatic N) is 1. The standard InChI is InChI=1S/C13H25NO/c1-5-14(10(2)3)9-12-8-11(4)6-7-13(12)15/h10-12H,5-9H2,1-4H3. The quantitative estimate of drug-likeness (QED) is 0.712. The maximum absolute atomic E-state index is 11.8. The third-order valence-corrected chi connectivity index (χ3v) is 3.62. The van der Waals surface area contributed by atoms with Gasteiger partial charge in [0.2, 0.25) is 0 Å². The molecule has 1 fully saturated rings. The number of ketones is 1. The van der Waals surface area contributed by atoms with E-state index in [1.165, 1.54) is 0 Å². The molecule has 1 saturated carbocycles. The van der Waals surface area contributed by atoms with Gasteiger partial charge in [0.15, 0.2) is 0 Å². The summed E-state index contributed by atoms with van der Waals surface area (Å²) in [5.41, 5.74) is 0. The summed E-state index contributed by atoms with van der Waals surface area (Å²) in [4.78, 5) is 14.2. The summed E-state index contributed by atoms with van der Waals surface area (Å²) < 4.78 is 0. The monoisotopic (exact) mass is 211 g/mol. The molecule has 0 bridgehead atoms. The number of Topliss-reactive ketones (excluding diaryl/α,β-unsaturated/α-hetero) is 1. The summed E-state index contributed by atoms with van der Waals surface area (Å²) in [5.74, 6) is 1.53. The van der Waals surface area contributed by atoms with Crippen molar-refractivity contribution in [1.29, 1.82) is 0 Å². The lowest BCUT2D eigenvalue weighted by atomic mass is 9.81. The van der Waals surface area contributed by atoms with Crippen LogP contribution in [0.3, 0.4) is 0 Å².